The fourth-order valence-electron chi connectivity index (χ4n) is 2.67. The second-order valence-electron chi connectivity index (χ2n) is 6.09. The molecule has 27 heavy (non-hydrogen) atoms. The molecule has 0 bridgehead atoms. The second kappa shape index (κ2) is 8.59. The summed E-state index contributed by atoms with van der Waals surface area (Å²) in [5, 5.41) is 6.20. The maximum atomic E-state index is 12.7. The van der Waals surface area contributed by atoms with Crippen molar-refractivity contribution in [2.24, 2.45) is 0 Å². The highest BCUT2D eigenvalue weighted by molar-refractivity contribution is 7.15. The van der Waals surface area contributed by atoms with Crippen molar-refractivity contribution >= 4 is 28.3 Å². The van der Waals surface area contributed by atoms with Gasteiger partial charge in [0.1, 0.15) is 5.69 Å². The molecule has 3 heterocycles. The molecule has 0 spiro atoms. The Morgan fingerprint density at radius 3 is 2.74 bits per heavy atom. The highest BCUT2D eigenvalue weighted by Crippen LogP contribution is 2.23. The molecule has 0 aliphatic carbocycles. The van der Waals surface area contributed by atoms with Crippen molar-refractivity contribution in [3.63, 3.8) is 0 Å². The van der Waals surface area contributed by atoms with Crippen LogP contribution in [0.15, 0.2) is 42.9 Å². The molecule has 0 aliphatic heterocycles. The molecular formula is C19H21N5O2S. The van der Waals surface area contributed by atoms with Crippen LogP contribution in [0, 0.1) is 6.92 Å². The van der Waals surface area contributed by atoms with Gasteiger partial charge in [-0.3, -0.25) is 19.9 Å². The number of nitrogens with one attached hydrogen (secondary N) is 2. The minimum Gasteiger partial charge on any atom is -0.356 e. The van der Waals surface area contributed by atoms with Crippen LogP contribution >= 0.6 is 11.3 Å². The fourth-order valence-corrected chi connectivity index (χ4v) is 3.53. The largest absolute Gasteiger partial charge is 0.356 e. The molecule has 0 saturated heterocycles. The van der Waals surface area contributed by atoms with E-state index in [9.17, 15) is 9.59 Å². The Hall–Kier alpha value is -3.00. The van der Waals surface area contributed by atoms with Gasteiger partial charge in [0, 0.05) is 49.9 Å². The van der Waals surface area contributed by atoms with E-state index in [4.69, 9.17) is 0 Å². The van der Waals surface area contributed by atoms with E-state index in [0.29, 0.717) is 30.3 Å². The lowest BCUT2D eigenvalue weighted by atomic mass is 10.2. The monoisotopic (exact) mass is 383 g/mol. The van der Waals surface area contributed by atoms with Gasteiger partial charge in [-0.25, -0.2) is 4.98 Å². The highest BCUT2D eigenvalue weighted by atomic mass is 32.1. The van der Waals surface area contributed by atoms with Crippen LogP contribution in [0.1, 0.15) is 33.5 Å². The van der Waals surface area contributed by atoms with Crippen molar-refractivity contribution in [2.75, 3.05) is 11.9 Å². The van der Waals surface area contributed by atoms with Gasteiger partial charge in [0.2, 0.25) is 5.91 Å². The minimum atomic E-state index is -0.198. The van der Waals surface area contributed by atoms with Crippen LogP contribution in [0.25, 0.3) is 0 Å². The number of rotatable bonds is 7. The van der Waals surface area contributed by atoms with E-state index in [2.05, 4.69) is 20.6 Å². The molecule has 3 aromatic rings. The van der Waals surface area contributed by atoms with E-state index >= 15 is 0 Å². The van der Waals surface area contributed by atoms with Crippen molar-refractivity contribution < 1.29 is 9.59 Å². The Bertz CT molecular complexity index is 933. The molecule has 0 aromatic carbocycles. The third-order valence-electron chi connectivity index (χ3n) is 4.01. The van der Waals surface area contributed by atoms with E-state index in [-0.39, 0.29) is 11.8 Å². The van der Waals surface area contributed by atoms with Gasteiger partial charge in [-0.05, 0) is 36.8 Å². The van der Waals surface area contributed by atoms with Crippen LogP contribution in [0.3, 0.4) is 0 Å². The maximum Gasteiger partial charge on any atom is 0.274 e. The number of aryl methyl sites for hydroxylation is 1. The van der Waals surface area contributed by atoms with E-state index in [0.717, 1.165) is 16.1 Å². The fraction of sp³-hybridized carbons (Fsp3) is 0.263. The molecule has 0 aliphatic rings. The average molecular weight is 383 g/mol. The predicted molar refractivity (Wildman–Crippen MR) is 105 cm³/mol. The summed E-state index contributed by atoms with van der Waals surface area (Å²) < 4.78 is 1.89. The van der Waals surface area contributed by atoms with Crippen molar-refractivity contribution in [1.29, 1.82) is 0 Å². The molecule has 0 radical (unpaired) electrons. The molecule has 2 amide bonds. The van der Waals surface area contributed by atoms with E-state index in [1.165, 1.54) is 18.3 Å². The lowest BCUT2D eigenvalue weighted by Gasteiger charge is -2.08. The second-order valence-corrected chi connectivity index (χ2v) is 7.29. The molecule has 0 saturated carbocycles. The van der Waals surface area contributed by atoms with Crippen LogP contribution in [-0.4, -0.2) is 32.9 Å². The van der Waals surface area contributed by atoms with Gasteiger partial charge < -0.3 is 9.88 Å². The molecule has 140 valence electrons. The number of pyridine rings is 1. The third kappa shape index (κ3) is 5.01. The van der Waals surface area contributed by atoms with Gasteiger partial charge in [0.15, 0.2) is 5.13 Å². The average Bonchev–Trinajstić information content (AvgIpc) is 3.22. The summed E-state index contributed by atoms with van der Waals surface area (Å²) >= 11 is 1.44. The van der Waals surface area contributed by atoms with Gasteiger partial charge in [-0.2, -0.15) is 0 Å². The number of anilines is 1. The summed E-state index contributed by atoms with van der Waals surface area (Å²) in [6.07, 6.45) is 5.98. The van der Waals surface area contributed by atoms with Gasteiger partial charge in [-0.15, -0.1) is 11.3 Å². The quantitative estimate of drug-likeness (QED) is 0.656. The number of hydrogen-bond donors (Lipinski definition) is 2. The summed E-state index contributed by atoms with van der Waals surface area (Å²) in [5.41, 5.74) is 2.52. The number of carbonyl (C=O) groups excluding carboxylic acids is 2. The first-order valence-corrected chi connectivity index (χ1v) is 9.40. The lowest BCUT2D eigenvalue weighted by molar-refractivity contribution is -0.118. The summed E-state index contributed by atoms with van der Waals surface area (Å²) in [5.74, 6) is -0.261. The number of thiazole rings is 1. The van der Waals surface area contributed by atoms with Gasteiger partial charge in [-0.1, -0.05) is 0 Å². The summed E-state index contributed by atoms with van der Waals surface area (Å²) in [7, 11) is 0. The zero-order valence-electron chi connectivity index (χ0n) is 15.2. The van der Waals surface area contributed by atoms with E-state index < -0.39 is 0 Å². The third-order valence-corrected chi connectivity index (χ3v) is 4.94. The summed E-state index contributed by atoms with van der Waals surface area (Å²) in [6, 6.07) is 7.48. The van der Waals surface area contributed by atoms with Crippen LogP contribution in [0.5, 0.6) is 0 Å². The van der Waals surface area contributed by atoms with E-state index in [1.54, 1.807) is 18.5 Å². The van der Waals surface area contributed by atoms with Crippen molar-refractivity contribution in [3.05, 3.63) is 64.7 Å². The van der Waals surface area contributed by atoms with Crippen molar-refractivity contribution in [1.82, 2.24) is 19.9 Å². The van der Waals surface area contributed by atoms with Crippen LogP contribution in [0.2, 0.25) is 0 Å². The van der Waals surface area contributed by atoms with Gasteiger partial charge in [0.05, 0.1) is 5.69 Å². The molecule has 8 heteroatoms. The number of amides is 2. The Morgan fingerprint density at radius 2 is 2.00 bits per heavy atom. The number of hydrogen-bond acceptors (Lipinski definition) is 5. The molecule has 0 unspecified atom stereocenters. The normalized spacial score (nSPS) is 10.6. The molecule has 0 atom stereocenters. The maximum absolute atomic E-state index is 12.7. The smallest absolute Gasteiger partial charge is 0.274 e. The number of carbonyl (C=O) groups is 2. The Balaban J connectivity index is 1.66. The molecule has 0 fully saturated rings. The number of aromatic nitrogens is 3. The first-order valence-electron chi connectivity index (χ1n) is 8.59. The first-order chi connectivity index (χ1) is 13.0. The SMILES string of the molecule is CC(=O)NCCc1nc(NC(=O)c2cccn2Cc2ccncc2)sc1C. The highest BCUT2D eigenvalue weighted by Gasteiger charge is 2.15. The first kappa shape index (κ1) is 18.8. The summed E-state index contributed by atoms with van der Waals surface area (Å²) in [6.45, 7) is 4.57. The molecule has 7 nitrogen and oxygen atoms in total. The lowest BCUT2D eigenvalue weighted by Crippen LogP contribution is -2.22. The zero-order chi connectivity index (χ0) is 19.2. The van der Waals surface area contributed by atoms with Gasteiger partial charge in [0.25, 0.3) is 5.91 Å². The minimum absolute atomic E-state index is 0.0635. The van der Waals surface area contributed by atoms with Crippen molar-refractivity contribution in [3.8, 4) is 0 Å². The zero-order valence-corrected chi connectivity index (χ0v) is 16.0. The molecule has 3 rings (SSSR count). The number of nitrogens with zero attached hydrogens (tertiary/aromatic N) is 3. The molecule has 3 aromatic heterocycles. The van der Waals surface area contributed by atoms with Crippen LogP contribution in [0.4, 0.5) is 5.13 Å². The topological polar surface area (TPSA) is 88.9 Å². The Morgan fingerprint density at radius 1 is 1.22 bits per heavy atom. The molecular weight excluding hydrogens is 362 g/mol. The van der Waals surface area contributed by atoms with E-state index in [1.807, 2.05) is 35.9 Å². The van der Waals surface area contributed by atoms with Gasteiger partial charge >= 0.3 is 0 Å². The van der Waals surface area contributed by atoms with Crippen LogP contribution < -0.4 is 10.6 Å². The molecule has 2 N–H and O–H groups in total. The summed E-state index contributed by atoms with van der Waals surface area (Å²) in [4.78, 5) is 33.2. The standard InChI is InChI=1S/C19H21N5O2S/c1-13-16(7-10-21-14(2)25)22-19(27-13)23-18(26)17-4-3-11-24(17)12-15-5-8-20-9-6-15/h3-6,8-9,11H,7,10,12H2,1-2H3,(H,21,25)(H,22,23,26). The van der Waals surface area contributed by atoms with Crippen LogP contribution in [-0.2, 0) is 17.8 Å². The van der Waals surface area contributed by atoms with Crippen molar-refractivity contribution in [2.45, 2.75) is 26.8 Å². The Labute approximate surface area is 161 Å². The predicted octanol–water partition coefficient (Wildman–Crippen LogP) is 2.63. The Kier molecular flexibility index (Phi) is 5.97.